The second-order valence-electron chi connectivity index (χ2n) is 1.88. The third-order valence-electron chi connectivity index (χ3n) is 0.903. The minimum atomic E-state index is -1.61. The highest BCUT2D eigenvalue weighted by Crippen LogP contribution is 2.29. The van der Waals surface area contributed by atoms with Gasteiger partial charge in [-0.25, -0.2) is 0 Å². The fourth-order valence-corrected chi connectivity index (χ4v) is 0.565. The molecule has 1 aliphatic rings. The first-order valence-electron chi connectivity index (χ1n) is 2.92. The molecule has 0 spiro atoms. The predicted octanol–water partition coefficient (Wildman–Crippen LogP) is 2.45. The van der Waals surface area contributed by atoms with Gasteiger partial charge in [-0.1, -0.05) is 46.4 Å². The molecule has 1 rings (SSSR count). The summed E-state index contributed by atoms with van der Waals surface area (Å²) in [5.74, 6) is 0.204. The Morgan fingerprint density at radius 2 is 1.73 bits per heavy atom. The van der Waals surface area contributed by atoms with Gasteiger partial charge in [0.25, 0.3) is 3.25 Å². The second-order valence-corrected chi connectivity index (χ2v) is 5.31. The van der Waals surface area contributed by atoms with Crippen LogP contribution in [0.25, 0.3) is 0 Å². The van der Waals surface area contributed by atoms with E-state index < -0.39 is 3.25 Å². The molecular formula is C5H7Cl4NO. The lowest BCUT2D eigenvalue weighted by Crippen LogP contribution is -2.12. The molecule has 1 amide bonds. The molecule has 11 heavy (non-hydrogen) atoms. The first-order valence-corrected chi connectivity index (χ1v) is 4.43. The number of hydrogen-bond donors (Lipinski definition) is 1. The number of alkyl halides is 4. The highest BCUT2D eigenvalue weighted by atomic mass is 35.6. The van der Waals surface area contributed by atoms with E-state index in [0.717, 1.165) is 19.4 Å². The van der Waals surface area contributed by atoms with E-state index in [9.17, 15) is 4.79 Å². The molecule has 0 aliphatic carbocycles. The van der Waals surface area contributed by atoms with E-state index in [1.165, 1.54) is 0 Å². The van der Waals surface area contributed by atoms with Crippen molar-refractivity contribution >= 4 is 52.3 Å². The fraction of sp³-hybridized carbons (Fsp3) is 0.800. The van der Waals surface area contributed by atoms with Gasteiger partial charge in [0.05, 0.1) is 0 Å². The van der Waals surface area contributed by atoms with E-state index in [2.05, 4.69) is 5.32 Å². The smallest absolute Gasteiger partial charge is 0.266 e. The minimum Gasteiger partial charge on any atom is -0.356 e. The molecule has 0 unspecified atom stereocenters. The third-order valence-corrected chi connectivity index (χ3v) is 0.903. The normalized spacial score (nSPS) is 16.9. The fourth-order valence-electron chi connectivity index (χ4n) is 0.565. The Bertz CT molecular complexity index is 119. The number of carbonyl (C=O) groups excluding carboxylic acids is 1. The van der Waals surface area contributed by atoms with Crippen LogP contribution in [0.15, 0.2) is 0 Å². The van der Waals surface area contributed by atoms with E-state index >= 15 is 0 Å². The summed E-state index contributed by atoms with van der Waals surface area (Å²) in [4.78, 5) is 10.1. The average molecular weight is 239 g/mol. The van der Waals surface area contributed by atoms with Gasteiger partial charge in [0.1, 0.15) is 0 Å². The van der Waals surface area contributed by atoms with Crippen LogP contribution in [0.5, 0.6) is 0 Å². The summed E-state index contributed by atoms with van der Waals surface area (Å²) in [5, 5.41) is 2.68. The van der Waals surface area contributed by atoms with Crippen LogP contribution in [0.2, 0.25) is 0 Å². The molecular weight excluding hydrogens is 232 g/mol. The predicted molar refractivity (Wildman–Crippen MR) is 48.4 cm³/mol. The van der Waals surface area contributed by atoms with Crippen LogP contribution in [0.1, 0.15) is 12.8 Å². The molecule has 1 heterocycles. The summed E-state index contributed by atoms with van der Waals surface area (Å²) in [7, 11) is 0. The van der Waals surface area contributed by atoms with Gasteiger partial charge in [0.15, 0.2) is 0 Å². The molecule has 0 aromatic heterocycles. The van der Waals surface area contributed by atoms with Crippen molar-refractivity contribution in [2.24, 2.45) is 0 Å². The molecule has 0 radical (unpaired) electrons. The monoisotopic (exact) mass is 237 g/mol. The molecule has 0 atom stereocenters. The van der Waals surface area contributed by atoms with Crippen LogP contribution in [-0.4, -0.2) is 15.7 Å². The topological polar surface area (TPSA) is 29.1 Å². The molecule has 0 bridgehead atoms. The number of hydrogen-bond acceptors (Lipinski definition) is 1. The third kappa shape index (κ3) is 13.6. The van der Waals surface area contributed by atoms with Gasteiger partial charge >= 0.3 is 0 Å². The maximum Gasteiger partial charge on any atom is 0.266 e. The van der Waals surface area contributed by atoms with Gasteiger partial charge in [0.2, 0.25) is 5.91 Å². The van der Waals surface area contributed by atoms with Crippen LogP contribution < -0.4 is 5.32 Å². The van der Waals surface area contributed by atoms with Gasteiger partial charge in [0, 0.05) is 13.0 Å². The highest BCUT2D eigenvalue weighted by molar-refractivity contribution is 6.83. The summed E-state index contributed by atoms with van der Waals surface area (Å²) >= 11 is 19.3. The van der Waals surface area contributed by atoms with Crippen molar-refractivity contribution in [3.63, 3.8) is 0 Å². The molecule has 2 nitrogen and oxygen atoms in total. The zero-order valence-electron chi connectivity index (χ0n) is 5.54. The van der Waals surface area contributed by atoms with Crippen LogP contribution in [0, 0.1) is 0 Å². The molecule has 0 saturated carbocycles. The maximum absolute atomic E-state index is 10.1. The summed E-state index contributed by atoms with van der Waals surface area (Å²) in [5.41, 5.74) is 0. The van der Waals surface area contributed by atoms with Gasteiger partial charge in [-0.3, -0.25) is 4.79 Å². The Kier molecular flexibility index (Phi) is 5.61. The summed E-state index contributed by atoms with van der Waals surface area (Å²) in [6, 6.07) is 0. The second kappa shape index (κ2) is 5.31. The van der Waals surface area contributed by atoms with Gasteiger partial charge in [-0.2, -0.15) is 0 Å². The molecule has 1 N–H and O–H groups in total. The number of nitrogens with one attached hydrogen (secondary N) is 1. The molecule has 1 saturated heterocycles. The Morgan fingerprint density at radius 1 is 1.27 bits per heavy atom. The van der Waals surface area contributed by atoms with E-state index in [4.69, 9.17) is 46.4 Å². The summed E-state index contributed by atoms with van der Waals surface area (Å²) in [6.07, 6.45) is 1.76. The highest BCUT2D eigenvalue weighted by Gasteiger charge is 2.11. The molecule has 66 valence electrons. The van der Waals surface area contributed by atoms with Crippen molar-refractivity contribution < 1.29 is 4.79 Å². The number of halogens is 4. The number of carbonyl (C=O) groups is 1. The first kappa shape index (κ1) is 11.6. The first-order chi connectivity index (χ1) is 4.89. The van der Waals surface area contributed by atoms with Crippen LogP contribution in [-0.2, 0) is 4.79 Å². The van der Waals surface area contributed by atoms with Crippen LogP contribution in [0.3, 0.4) is 0 Å². The van der Waals surface area contributed by atoms with Crippen molar-refractivity contribution in [1.82, 2.24) is 5.32 Å². The van der Waals surface area contributed by atoms with Gasteiger partial charge in [-0.05, 0) is 6.42 Å². The van der Waals surface area contributed by atoms with Crippen molar-refractivity contribution in [2.75, 3.05) is 6.54 Å². The van der Waals surface area contributed by atoms with Gasteiger partial charge < -0.3 is 5.32 Å². The lowest BCUT2D eigenvalue weighted by atomic mass is 10.4. The van der Waals surface area contributed by atoms with E-state index in [1.54, 1.807) is 0 Å². The van der Waals surface area contributed by atoms with Crippen molar-refractivity contribution in [3.05, 3.63) is 0 Å². The molecule has 0 aromatic rings. The van der Waals surface area contributed by atoms with Crippen LogP contribution in [0.4, 0.5) is 0 Å². The molecule has 1 fully saturated rings. The zero-order chi connectivity index (χ0) is 8.91. The number of amides is 1. The maximum atomic E-state index is 10.1. The van der Waals surface area contributed by atoms with Crippen LogP contribution >= 0.6 is 46.4 Å². The van der Waals surface area contributed by atoms with Crippen molar-refractivity contribution in [2.45, 2.75) is 16.1 Å². The van der Waals surface area contributed by atoms with E-state index in [0.29, 0.717) is 0 Å². The lowest BCUT2D eigenvalue weighted by molar-refractivity contribution is -0.119. The van der Waals surface area contributed by atoms with Crippen molar-refractivity contribution in [1.29, 1.82) is 0 Å². The van der Waals surface area contributed by atoms with Gasteiger partial charge in [-0.15, -0.1) is 0 Å². The average Bonchev–Trinajstić information content (AvgIpc) is 2.12. The quantitative estimate of drug-likeness (QED) is 0.646. The Labute approximate surface area is 85.1 Å². The SMILES string of the molecule is ClC(Cl)(Cl)Cl.O=C1CCCN1. The Hall–Kier alpha value is 0.630. The molecule has 0 aromatic carbocycles. The van der Waals surface area contributed by atoms with Crippen molar-refractivity contribution in [3.8, 4) is 0 Å². The van der Waals surface area contributed by atoms with E-state index in [-0.39, 0.29) is 5.91 Å². The molecule has 1 aliphatic heterocycles. The summed E-state index contributed by atoms with van der Waals surface area (Å²) in [6.45, 7) is 0.888. The molecule has 6 heteroatoms. The standard InChI is InChI=1S/C4H7NO.CCl4/c6-4-2-1-3-5-4;2-1(3,4)5/h1-3H2,(H,5,6);. The zero-order valence-corrected chi connectivity index (χ0v) is 8.57. The lowest BCUT2D eigenvalue weighted by Gasteiger charge is -1.91. The van der Waals surface area contributed by atoms with E-state index in [1.807, 2.05) is 0 Å². The summed E-state index contributed by atoms with van der Waals surface area (Å²) < 4.78 is -1.61. The Balaban J connectivity index is 0.000000187. The largest absolute Gasteiger partial charge is 0.356 e. The number of rotatable bonds is 0. The Morgan fingerprint density at radius 3 is 1.82 bits per heavy atom. The minimum absolute atomic E-state index is 0.204.